The van der Waals surface area contributed by atoms with Crippen LogP contribution in [0.2, 0.25) is 0 Å². The molecule has 0 aliphatic rings. The van der Waals surface area contributed by atoms with Crippen LogP contribution in [0.5, 0.6) is 0 Å². The molecule has 1 N–H and O–H groups in total. The van der Waals surface area contributed by atoms with Gasteiger partial charge in [-0.05, 0) is 0 Å². The molecule has 25 heavy (non-hydrogen) atoms. The van der Waals surface area contributed by atoms with Gasteiger partial charge in [0.1, 0.15) is 23.0 Å². The van der Waals surface area contributed by atoms with Crippen molar-refractivity contribution in [3.8, 4) is 0 Å². The zero-order chi connectivity index (χ0) is 20.9. The van der Waals surface area contributed by atoms with Crippen molar-refractivity contribution in [1.29, 1.82) is 0 Å². The number of alkyl halides is 1. The van der Waals surface area contributed by atoms with Gasteiger partial charge in [0.15, 0.2) is 5.78 Å². The molecule has 0 aromatic heterocycles. The Bertz CT molecular complexity index is 813. The number of aliphatic hydroxyl groups is 1. The minimum Gasteiger partial charge on any atom is -0.360 e. The molecule has 0 amide bonds. The van der Waals surface area contributed by atoms with Crippen molar-refractivity contribution in [2.45, 2.75) is 5.85 Å². The van der Waals surface area contributed by atoms with Gasteiger partial charge in [-0.3, -0.25) is 4.79 Å². The molecule has 0 aromatic rings. The molecule has 0 bridgehead atoms. The van der Waals surface area contributed by atoms with Crippen LogP contribution in [0, 0.1) is 0 Å². The molecule has 0 atom stereocenters. The molecule has 0 unspecified atom stereocenters. The Kier molecular flexibility index (Phi) is 9.10. The van der Waals surface area contributed by atoms with Crippen LogP contribution in [-0.4, -0.2) is 73.4 Å². The highest BCUT2D eigenvalue weighted by Gasteiger charge is 2.38. The Balaban J connectivity index is 0. The molecule has 0 heterocycles. The minimum atomic E-state index is -5.41. The molecule has 152 valence electrons. The van der Waals surface area contributed by atoms with Crippen molar-refractivity contribution in [2.75, 3.05) is 23.0 Å². The van der Waals surface area contributed by atoms with Crippen LogP contribution in [0.4, 0.5) is 19.9 Å². The van der Waals surface area contributed by atoms with E-state index < -0.39 is 75.5 Å². The van der Waals surface area contributed by atoms with E-state index in [9.17, 15) is 58.4 Å². The normalized spacial score (nSPS) is 13.7. The summed E-state index contributed by atoms with van der Waals surface area (Å²) in [6.45, 7) is 0. The molecule has 0 aliphatic carbocycles. The Labute approximate surface area is 139 Å². The minimum absolute atomic E-state index is 1.54. The van der Waals surface area contributed by atoms with Crippen molar-refractivity contribution < 1.29 is 63.5 Å². The van der Waals surface area contributed by atoms with Crippen molar-refractivity contribution in [2.24, 2.45) is 0 Å². The SMILES string of the molecule is O=C(CS(=O)(=O)F)CS(=O)(=O)F.O=S(=O)(F)CC(O)(F)CS(=O)(=O)F. The van der Waals surface area contributed by atoms with E-state index in [1.807, 2.05) is 0 Å². The van der Waals surface area contributed by atoms with Gasteiger partial charge in [0, 0.05) is 0 Å². The zero-order valence-electron chi connectivity index (χ0n) is 11.5. The quantitative estimate of drug-likeness (QED) is 0.325. The number of hydrogen-bond acceptors (Lipinski definition) is 10. The molecular weight excluding hydrogens is 455 g/mol. The summed E-state index contributed by atoms with van der Waals surface area (Å²) in [7, 11) is -21.0. The van der Waals surface area contributed by atoms with Crippen molar-refractivity contribution in [3.05, 3.63) is 0 Å². The Morgan fingerprint density at radius 2 is 0.920 bits per heavy atom. The molecule has 0 radical (unpaired) electrons. The van der Waals surface area contributed by atoms with E-state index in [4.69, 9.17) is 5.11 Å². The first-order chi connectivity index (χ1) is 10.5. The summed E-state index contributed by atoms with van der Waals surface area (Å²) in [6, 6.07) is 0. The summed E-state index contributed by atoms with van der Waals surface area (Å²) in [5, 5.41) is 8.28. The highest BCUT2D eigenvalue weighted by Crippen LogP contribution is 2.15. The van der Waals surface area contributed by atoms with E-state index in [2.05, 4.69) is 0 Å². The summed E-state index contributed by atoms with van der Waals surface area (Å²) < 4.78 is 137. The van der Waals surface area contributed by atoms with E-state index >= 15 is 0 Å². The number of rotatable bonds is 8. The molecule has 0 fully saturated rings. The second-order valence-electron chi connectivity index (χ2n) is 4.19. The molecule has 0 aliphatic heterocycles. The van der Waals surface area contributed by atoms with Gasteiger partial charge in [0.05, 0.1) is 0 Å². The smallest absolute Gasteiger partial charge is 0.309 e. The molecule has 10 nitrogen and oxygen atoms in total. The van der Waals surface area contributed by atoms with Crippen LogP contribution in [0.3, 0.4) is 0 Å². The molecular formula is C6H9F5O10S4. The maximum absolute atomic E-state index is 12.4. The Hall–Kier alpha value is -0.920. The summed E-state index contributed by atoms with van der Waals surface area (Å²) >= 11 is 0. The van der Waals surface area contributed by atoms with Crippen molar-refractivity contribution >= 4 is 46.7 Å². The zero-order valence-corrected chi connectivity index (χ0v) is 14.7. The standard InChI is InChI=1S/C3H5F3O5S2.C3H4F2O5S2/c4-3(7,1-12(5,8)9)2-13(6,10)11;4-11(7,8)1-3(6)2-12(5,9)10/h7H,1-2H2;1-2H2. The van der Waals surface area contributed by atoms with E-state index in [-0.39, 0.29) is 0 Å². The summed E-state index contributed by atoms with van der Waals surface area (Å²) in [4.78, 5) is 10.2. The molecule has 0 saturated heterocycles. The third-order valence-corrected chi connectivity index (χ3v) is 4.36. The molecule has 0 spiro atoms. The van der Waals surface area contributed by atoms with Gasteiger partial charge >= 0.3 is 40.9 Å². The third-order valence-electron chi connectivity index (χ3n) is 1.45. The average Bonchev–Trinajstić information content (AvgIpc) is 1.99. The van der Waals surface area contributed by atoms with Crippen molar-refractivity contribution in [3.63, 3.8) is 0 Å². The fraction of sp³-hybridized carbons (Fsp3) is 0.833. The van der Waals surface area contributed by atoms with Crippen LogP contribution >= 0.6 is 0 Å². The van der Waals surface area contributed by atoms with Crippen LogP contribution in [0.1, 0.15) is 0 Å². The first-order valence-electron chi connectivity index (χ1n) is 5.14. The first kappa shape index (κ1) is 26.3. The van der Waals surface area contributed by atoms with Crippen LogP contribution in [0.25, 0.3) is 0 Å². The highest BCUT2D eigenvalue weighted by molar-refractivity contribution is 7.88. The van der Waals surface area contributed by atoms with Gasteiger partial charge in [0.25, 0.3) is 0 Å². The van der Waals surface area contributed by atoms with Gasteiger partial charge < -0.3 is 5.11 Å². The third kappa shape index (κ3) is 23.1. The highest BCUT2D eigenvalue weighted by atomic mass is 32.3. The van der Waals surface area contributed by atoms with E-state index in [0.717, 1.165) is 0 Å². The monoisotopic (exact) mass is 464 g/mol. The van der Waals surface area contributed by atoms with Gasteiger partial charge in [-0.15, -0.1) is 15.5 Å². The molecule has 0 saturated carbocycles. The number of carbonyl (C=O) groups excluding carboxylic acids is 1. The predicted octanol–water partition coefficient (Wildman–Crippen LogP) is -1.60. The maximum Gasteiger partial charge on any atom is 0.309 e. The lowest BCUT2D eigenvalue weighted by Crippen LogP contribution is -2.37. The maximum atomic E-state index is 12.4. The summed E-state index contributed by atoms with van der Waals surface area (Å²) in [5.41, 5.74) is 0. The average molecular weight is 464 g/mol. The lowest BCUT2D eigenvalue weighted by atomic mass is 10.4. The van der Waals surface area contributed by atoms with Gasteiger partial charge in [-0.1, -0.05) is 0 Å². The number of hydrogen-bond donors (Lipinski definition) is 1. The van der Waals surface area contributed by atoms with Gasteiger partial charge in [-0.25, -0.2) is 4.39 Å². The second kappa shape index (κ2) is 8.64. The number of halogens is 5. The summed E-state index contributed by atoms with van der Waals surface area (Å²) in [5.74, 6) is -13.0. The van der Waals surface area contributed by atoms with Crippen LogP contribution < -0.4 is 0 Å². The Morgan fingerprint density at radius 3 is 1.08 bits per heavy atom. The molecule has 0 aromatic carbocycles. The van der Waals surface area contributed by atoms with Crippen molar-refractivity contribution in [1.82, 2.24) is 0 Å². The van der Waals surface area contributed by atoms with E-state index in [0.29, 0.717) is 0 Å². The predicted molar refractivity (Wildman–Crippen MR) is 70.6 cm³/mol. The van der Waals surface area contributed by atoms with E-state index in [1.165, 1.54) is 0 Å². The Morgan fingerprint density at radius 1 is 0.680 bits per heavy atom. The fourth-order valence-electron chi connectivity index (χ4n) is 0.996. The first-order valence-corrected chi connectivity index (χ1v) is 11.3. The largest absolute Gasteiger partial charge is 0.360 e. The van der Waals surface area contributed by atoms with Gasteiger partial charge in [-0.2, -0.15) is 33.7 Å². The van der Waals surface area contributed by atoms with E-state index in [1.54, 1.807) is 0 Å². The fourth-order valence-corrected chi connectivity index (χ4v) is 3.49. The lowest BCUT2D eigenvalue weighted by Gasteiger charge is -2.12. The van der Waals surface area contributed by atoms with Gasteiger partial charge in [0.2, 0.25) is 5.85 Å². The lowest BCUT2D eigenvalue weighted by molar-refractivity contribution is -0.114. The summed E-state index contributed by atoms with van der Waals surface area (Å²) in [6.07, 6.45) is 0. The second-order valence-corrected chi connectivity index (χ2v) is 9.65. The number of Topliss-reactive ketones (excluding diaryl/α,β-unsaturated/α-hetero) is 1. The molecule has 19 heteroatoms. The molecule has 0 rings (SSSR count). The van der Waals surface area contributed by atoms with Crippen LogP contribution in [0.15, 0.2) is 0 Å². The number of ketones is 1. The topological polar surface area (TPSA) is 174 Å². The van der Waals surface area contributed by atoms with Crippen LogP contribution in [-0.2, 0) is 45.7 Å². The number of carbonyl (C=O) groups is 1.